The lowest BCUT2D eigenvalue weighted by Crippen LogP contribution is -2.40. The molecule has 1 unspecified atom stereocenters. The summed E-state index contributed by atoms with van der Waals surface area (Å²) in [4.78, 5) is 0. The molecule has 0 aliphatic carbocycles. The Bertz CT molecular complexity index is 214. The van der Waals surface area contributed by atoms with Crippen molar-refractivity contribution in [3.8, 4) is 11.8 Å². The Morgan fingerprint density at radius 3 is 1.85 bits per heavy atom. The molecular weight excluding hydrogens is 176 g/mol. The summed E-state index contributed by atoms with van der Waals surface area (Å²) < 4.78 is 5.28. The molecule has 0 N–H and O–H groups in total. The fourth-order valence-corrected chi connectivity index (χ4v) is 1.75. The Kier molecular flexibility index (Phi) is 4.21. The van der Waals surface area contributed by atoms with Crippen LogP contribution in [0.15, 0.2) is 0 Å². The van der Waals surface area contributed by atoms with E-state index >= 15 is 0 Å². The largest absolute Gasteiger partial charge is 0.412 e. The smallest absolute Gasteiger partial charge is 0.247 e. The van der Waals surface area contributed by atoms with Crippen LogP contribution in [0.3, 0.4) is 0 Å². The minimum atomic E-state index is -0.266. The highest BCUT2D eigenvalue weighted by Gasteiger charge is 2.36. The fourth-order valence-electron chi connectivity index (χ4n) is 1.64. The predicted molar refractivity (Wildman–Crippen MR) is 57.3 cm³/mol. The van der Waals surface area contributed by atoms with Crippen molar-refractivity contribution in [3.63, 3.8) is 0 Å². The van der Waals surface area contributed by atoms with Crippen LogP contribution in [-0.2, 0) is 4.43 Å². The molecule has 73 valence electrons. The highest BCUT2D eigenvalue weighted by molar-refractivity contribution is 5.98. The fraction of sp³-hybridized carbons (Fsp3) is 0.818. The topological polar surface area (TPSA) is 9.23 Å². The Labute approximate surface area is 85.8 Å². The zero-order valence-corrected chi connectivity index (χ0v) is 10.5. The maximum absolute atomic E-state index is 5.28. The molecule has 0 heterocycles. The van der Waals surface area contributed by atoms with E-state index in [1.54, 1.807) is 0 Å². The van der Waals surface area contributed by atoms with Crippen LogP contribution in [0.4, 0.5) is 0 Å². The van der Waals surface area contributed by atoms with Crippen molar-refractivity contribution in [2.75, 3.05) is 0 Å². The van der Waals surface area contributed by atoms with Crippen molar-refractivity contribution in [1.29, 1.82) is 0 Å². The molecule has 0 fully saturated rings. The molecular formula is C11H19OSi. The summed E-state index contributed by atoms with van der Waals surface area (Å²) in [6.45, 7) is 12.5. The first-order valence-corrected chi connectivity index (χ1v) is 4.93. The van der Waals surface area contributed by atoms with Crippen molar-refractivity contribution in [1.82, 2.24) is 0 Å². The standard InChI is InChI=1S/C11H19OSi/c1-7-8-9(10(2,3)4)11(5,6)12-13/h9H,1-6H3. The van der Waals surface area contributed by atoms with Crippen LogP contribution in [0.25, 0.3) is 0 Å². The maximum Gasteiger partial charge on any atom is 0.247 e. The van der Waals surface area contributed by atoms with Gasteiger partial charge in [0.1, 0.15) is 0 Å². The van der Waals surface area contributed by atoms with Crippen LogP contribution in [0, 0.1) is 23.2 Å². The second kappa shape index (κ2) is 4.30. The molecule has 0 bridgehead atoms. The van der Waals surface area contributed by atoms with Gasteiger partial charge in [0, 0.05) is 0 Å². The first-order valence-electron chi connectivity index (χ1n) is 4.52. The summed E-state index contributed by atoms with van der Waals surface area (Å²) in [6, 6.07) is 0. The summed E-state index contributed by atoms with van der Waals surface area (Å²) in [5, 5.41) is 0. The molecule has 0 aliphatic rings. The van der Waals surface area contributed by atoms with Gasteiger partial charge in [0.05, 0.1) is 11.5 Å². The number of rotatable bonds is 2. The average molecular weight is 195 g/mol. The molecule has 0 aromatic heterocycles. The van der Waals surface area contributed by atoms with E-state index in [1.165, 1.54) is 0 Å². The van der Waals surface area contributed by atoms with Gasteiger partial charge < -0.3 is 4.43 Å². The first kappa shape index (κ1) is 12.7. The van der Waals surface area contributed by atoms with Gasteiger partial charge in [0.15, 0.2) is 0 Å². The van der Waals surface area contributed by atoms with Gasteiger partial charge in [0.2, 0.25) is 10.5 Å². The highest BCUT2D eigenvalue weighted by Crippen LogP contribution is 2.35. The minimum Gasteiger partial charge on any atom is -0.412 e. The molecule has 0 saturated heterocycles. The van der Waals surface area contributed by atoms with Crippen LogP contribution < -0.4 is 0 Å². The van der Waals surface area contributed by atoms with Crippen molar-refractivity contribution in [2.24, 2.45) is 11.3 Å². The van der Waals surface area contributed by atoms with E-state index in [0.717, 1.165) is 0 Å². The number of hydrogen-bond donors (Lipinski definition) is 0. The molecule has 0 aromatic rings. The van der Waals surface area contributed by atoms with Gasteiger partial charge in [-0.2, -0.15) is 0 Å². The van der Waals surface area contributed by atoms with Gasteiger partial charge in [-0.1, -0.05) is 26.7 Å². The zero-order chi connectivity index (χ0) is 10.7. The molecule has 2 heteroatoms. The van der Waals surface area contributed by atoms with Gasteiger partial charge in [-0.05, 0) is 26.2 Å². The molecule has 1 atom stereocenters. The maximum atomic E-state index is 5.28. The quantitative estimate of drug-likeness (QED) is 0.486. The third kappa shape index (κ3) is 3.54. The Balaban J connectivity index is 4.90. The monoisotopic (exact) mass is 195 g/mol. The lowest BCUT2D eigenvalue weighted by Gasteiger charge is -2.38. The lowest BCUT2D eigenvalue weighted by molar-refractivity contribution is 0.0278. The van der Waals surface area contributed by atoms with Crippen molar-refractivity contribution >= 4 is 10.5 Å². The van der Waals surface area contributed by atoms with E-state index in [2.05, 4.69) is 43.1 Å². The number of hydrogen-bond acceptors (Lipinski definition) is 1. The zero-order valence-electron chi connectivity index (χ0n) is 9.49. The predicted octanol–water partition coefficient (Wildman–Crippen LogP) is 2.55. The first-order chi connectivity index (χ1) is 5.75. The highest BCUT2D eigenvalue weighted by atomic mass is 28.2. The van der Waals surface area contributed by atoms with Crippen LogP contribution in [0.2, 0.25) is 0 Å². The Morgan fingerprint density at radius 2 is 1.62 bits per heavy atom. The molecule has 0 aromatic carbocycles. The summed E-state index contributed by atoms with van der Waals surface area (Å²) >= 11 is 0. The summed E-state index contributed by atoms with van der Waals surface area (Å²) in [6.07, 6.45) is 0. The van der Waals surface area contributed by atoms with Crippen LogP contribution >= 0.6 is 0 Å². The SMILES string of the molecule is CC#CC(C(C)(C)C)C(C)(C)O[Si]. The van der Waals surface area contributed by atoms with Gasteiger partial charge in [-0.15, -0.1) is 5.92 Å². The molecule has 0 rings (SSSR count). The van der Waals surface area contributed by atoms with Crippen LogP contribution in [0.5, 0.6) is 0 Å². The molecule has 0 saturated carbocycles. The molecule has 0 amide bonds. The molecule has 0 aliphatic heterocycles. The van der Waals surface area contributed by atoms with Crippen molar-refractivity contribution in [3.05, 3.63) is 0 Å². The van der Waals surface area contributed by atoms with E-state index in [9.17, 15) is 0 Å². The van der Waals surface area contributed by atoms with E-state index in [4.69, 9.17) is 4.43 Å². The van der Waals surface area contributed by atoms with E-state index < -0.39 is 0 Å². The summed E-state index contributed by atoms with van der Waals surface area (Å²) in [7, 11) is 3.12. The molecule has 0 spiro atoms. The van der Waals surface area contributed by atoms with Crippen molar-refractivity contribution < 1.29 is 4.43 Å². The Morgan fingerprint density at radius 1 is 1.15 bits per heavy atom. The molecule has 13 heavy (non-hydrogen) atoms. The van der Waals surface area contributed by atoms with Crippen molar-refractivity contribution in [2.45, 2.75) is 47.1 Å². The lowest BCUT2D eigenvalue weighted by atomic mass is 9.72. The third-order valence-corrected chi connectivity index (χ3v) is 2.64. The van der Waals surface area contributed by atoms with E-state index in [1.807, 2.05) is 20.8 Å². The van der Waals surface area contributed by atoms with Gasteiger partial charge in [-0.25, -0.2) is 0 Å². The minimum absolute atomic E-state index is 0.124. The average Bonchev–Trinajstić information content (AvgIpc) is 1.98. The molecule has 3 radical (unpaired) electrons. The van der Waals surface area contributed by atoms with Crippen LogP contribution in [-0.4, -0.2) is 16.1 Å². The van der Waals surface area contributed by atoms with E-state index in [-0.39, 0.29) is 16.9 Å². The van der Waals surface area contributed by atoms with Gasteiger partial charge in [-0.3, -0.25) is 0 Å². The van der Waals surface area contributed by atoms with Crippen LogP contribution in [0.1, 0.15) is 41.5 Å². The van der Waals surface area contributed by atoms with Gasteiger partial charge >= 0.3 is 0 Å². The van der Waals surface area contributed by atoms with Gasteiger partial charge in [0.25, 0.3) is 0 Å². The summed E-state index contributed by atoms with van der Waals surface area (Å²) in [5.74, 6) is 6.38. The normalized spacial score (nSPS) is 14.7. The second-order valence-corrected chi connectivity index (χ2v) is 5.10. The van der Waals surface area contributed by atoms with E-state index in [0.29, 0.717) is 0 Å². The Hall–Kier alpha value is -0.263. The summed E-state index contributed by atoms with van der Waals surface area (Å²) in [5.41, 5.74) is -0.142. The molecule has 1 nitrogen and oxygen atoms in total. The third-order valence-electron chi connectivity index (χ3n) is 2.11. The second-order valence-electron chi connectivity index (χ2n) is 4.90.